The molecule has 0 atom stereocenters. The molecule has 0 aliphatic carbocycles. The number of aromatic nitrogens is 1. The molecule has 0 bridgehead atoms. The molecule has 0 N–H and O–H groups in total. The van der Waals surface area contributed by atoms with Gasteiger partial charge in [0.2, 0.25) is 0 Å². The van der Waals surface area contributed by atoms with Crippen LogP contribution in [-0.2, 0) is 11.2 Å². The van der Waals surface area contributed by atoms with Crippen molar-refractivity contribution in [1.29, 1.82) is 0 Å². The first kappa shape index (κ1) is 9.71. The number of carbonyl (C=O) groups is 1. The standard InChI is InChI=1S/C10H13NO2/c1-7-4-5-10(13-3)9(11-7)6-8(2)12/h4-5H,6H2,1-3H3. The average Bonchev–Trinajstić information content (AvgIpc) is 2.03. The molecule has 0 radical (unpaired) electrons. The third-order valence-electron chi connectivity index (χ3n) is 1.71. The van der Waals surface area contributed by atoms with Gasteiger partial charge in [0.25, 0.3) is 0 Å². The lowest BCUT2D eigenvalue weighted by Gasteiger charge is -2.06. The second-order valence-electron chi connectivity index (χ2n) is 2.98. The third kappa shape index (κ3) is 2.54. The van der Waals surface area contributed by atoms with Crippen LogP contribution in [0.25, 0.3) is 0 Å². The SMILES string of the molecule is COc1ccc(C)nc1CC(C)=O. The summed E-state index contributed by atoms with van der Waals surface area (Å²) in [6.07, 6.45) is 0.338. The zero-order chi connectivity index (χ0) is 9.84. The molecule has 0 aliphatic rings. The number of methoxy groups -OCH3 is 1. The molecule has 0 unspecified atom stereocenters. The lowest BCUT2D eigenvalue weighted by atomic mass is 10.2. The van der Waals surface area contributed by atoms with Crippen molar-refractivity contribution >= 4 is 5.78 Å². The summed E-state index contributed by atoms with van der Waals surface area (Å²) in [5, 5.41) is 0. The number of rotatable bonds is 3. The first-order valence-electron chi connectivity index (χ1n) is 4.13. The molecule has 0 amide bonds. The predicted molar refractivity (Wildman–Crippen MR) is 49.9 cm³/mol. The van der Waals surface area contributed by atoms with E-state index in [-0.39, 0.29) is 5.78 Å². The summed E-state index contributed by atoms with van der Waals surface area (Å²) in [4.78, 5) is 15.1. The zero-order valence-electron chi connectivity index (χ0n) is 8.13. The largest absolute Gasteiger partial charge is 0.495 e. The summed E-state index contributed by atoms with van der Waals surface area (Å²) in [7, 11) is 1.58. The Labute approximate surface area is 77.8 Å². The molecule has 13 heavy (non-hydrogen) atoms. The average molecular weight is 179 g/mol. The maximum atomic E-state index is 10.9. The second-order valence-corrected chi connectivity index (χ2v) is 2.98. The summed E-state index contributed by atoms with van der Waals surface area (Å²) in [6.45, 7) is 3.44. The van der Waals surface area contributed by atoms with Crippen molar-refractivity contribution in [2.75, 3.05) is 7.11 Å². The molecular weight excluding hydrogens is 166 g/mol. The van der Waals surface area contributed by atoms with Crippen molar-refractivity contribution < 1.29 is 9.53 Å². The summed E-state index contributed by atoms with van der Waals surface area (Å²) in [6, 6.07) is 3.70. The van der Waals surface area contributed by atoms with Crippen LogP contribution in [-0.4, -0.2) is 17.9 Å². The Balaban J connectivity index is 3.01. The monoisotopic (exact) mass is 179 g/mol. The minimum Gasteiger partial charge on any atom is -0.495 e. The topological polar surface area (TPSA) is 39.2 Å². The Morgan fingerprint density at radius 3 is 2.77 bits per heavy atom. The predicted octanol–water partition coefficient (Wildman–Crippen LogP) is 1.53. The highest BCUT2D eigenvalue weighted by molar-refractivity contribution is 5.78. The summed E-state index contributed by atoms with van der Waals surface area (Å²) < 4.78 is 5.09. The molecule has 1 heterocycles. The Hall–Kier alpha value is -1.38. The molecule has 3 heteroatoms. The number of ketones is 1. The highest BCUT2D eigenvalue weighted by Crippen LogP contribution is 2.16. The van der Waals surface area contributed by atoms with Crippen LogP contribution in [0.1, 0.15) is 18.3 Å². The Morgan fingerprint density at radius 2 is 2.23 bits per heavy atom. The van der Waals surface area contributed by atoms with Gasteiger partial charge in [0, 0.05) is 5.69 Å². The van der Waals surface area contributed by atoms with Gasteiger partial charge in [-0.3, -0.25) is 9.78 Å². The van der Waals surface area contributed by atoms with Crippen molar-refractivity contribution in [3.05, 3.63) is 23.5 Å². The fraction of sp³-hybridized carbons (Fsp3) is 0.400. The minimum atomic E-state index is 0.0939. The first-order valence-corrected chi connectivity index (χ1v) is 4.13. The van der Waals surface area contributed by atoms with Crippen molar-refractivity contribution in [2.24, 2.45) is 0 Å². The summed E-state index contributed by atoms with van der Waals surface area (Å²) >= 11 is 0. The number of nitrogens with zero attached hydrogens (tertiary/aromatic N) is 1. The van der Waals surface area contributed by atoms with Crippen LogP contribution in [0.5, 0.6) is 5.75 Å². The molecule has 1 aromatic heterocycles. The molecule has 0 fully saturated rings. The van der Waals surface area contributed by atoms with E-state index in [0.717, 1.165) is 11.4 Å². The van der Waals surface area contributed by atoms with E-state index < -0.39 is 0 Å². The summed E-state index contributed by atoms with van der Waals surface area (Å²) in [5.41, 5.74) is 1.62. The molecule has 0 aromatic carbocycles. The van der Waals surface area contributed by atoms with Crippen LogP contribution in [0.15, 0.2) is 12.1 Å². The first-order chi connectivity index (χ1) is 6.13. The number of Topliss-reactive ketones (excluding diaryl/α,β-unsaturated/α-hetero) is 1. The van der Waals surface area contributed by atoms with Gasteiger partial charge in [-0.05, 0) is 26.0 Å². The van der Waals surface area contributed by atoms with Gasteiger partial charge in [0.15, 0.2) is 0 Å². The van der Waals surface area contributed by atoms with E-state index in [9.17, 15) is 4.79 Å². The van der Waals surface area contributed by atoms with Crippen LogP contribution in [0.2, 0.25) is 0 Å². The Kier molecular flexibility index (Phi) is 3.01. The molecule has 70 valence electrons. The van der Waals surface area contributed by atoms with Crippen molar-refractivity contribution in [3.8, 4) is 5.75 Å². The highest BCUT2D eigenvalue weighted by Gasteiger charge is 2.06. The molecule has 0 aliphatic heterocycles. The number of hydrogen-bond donors (Lipinski definition) is 0. The summed E-state index contributed by atoms with van der Waals surface area (Å²) in [5.74, 6) is 0.775. The van der Waals surface area contributed by atoms with Gasteiger partial charge in [0.05, 0.1) is 19.2 Å². The Morgan fingerprint density at radius 1 is 1.54 bits per heavy atom. The molecule has 0 saturated carbocycles. The lowest BCUT2D eigenvalue weighted by Crippen LogP contribution is -2.03. The quantitative estimate of drug-likeness (QED) is 0.706. The fourth-order valence-electron chi connectivity index (χ4n) is 1.15. The lowest BCUT2D eigenvalue weighted by molar-refractivity contribution is -0.116. The van der Waals surface area contributed by atoms with Crippen molar-refractivity contribution in [3.63, 3.8) is 0 Å². The zero-order valence-corrected chi connectivity index (χ0v) is 8.13. The van der Waals surface area contributed by atoms with Gasteiger partial charge in [-0.15, -0.1) is 0 Å². The van der Waals surface area contributed by atoms with Crippen LogP contribution < -0.4 is 4.74 Å². The number of carbonyl (C=O) groups excluding carboxylic acids is 1. The second kappa shape index (κ2) is 4.03. The van der Waals surface area contributed by atoms with E-state index in [1.165, 1.54) is 0 Å². The molecule has 0 saturated heterocycles. The normalized spacial score (nSPS) is 9.77. The molecule has 1 rings (SSSR count). The van der Waals surface area contributed by atoms with Gasteiger partial charge in [0.1, 0.15) is 11.5 Å². The maximum Gasteiger partial charge on any atom is 0.140 e. The number of pyridine rings is 1. The molecular formula is C10H13NO2. The smallest absolute Gasteiger partial charge is 0.140 e. The maximum absolute atomic E-state index is 10.9. The van der Waals surface area contributed by atoms with Crippen LogP contribution in [0.4, 0.5) is 0 Å². The molecule has 1 aromatic rings. The van der Waals surface area contributed by atoms with E-state index >= 15 is 0 Å². The molecule has 0 spiro atoms. The fourth-order valence-corrected chi connectivity index (χ4v) is 1.15. The van der Waals surface area contributed by atoms with Crippen molar-refractivity contribution in [2.45, 2.75) is 20.3 Å². The Bertz CT molecular complexity index is 321. The number of aryl methyl sites for hydroxylation is 1. The van der Waals surface area contributed by atoms with E-state index in [1.54, 1.807) is 14.0 Å². The van der Waals surface area contributed by atoms with Gasteiger partial charge < -0.3 is 4.74 Å². The van der Waals surface area contributed by atoms with Gasteiger partial charge in [-0.1, -0.05) is 0 Å². The van der Waals surface area contributed by atoms with Gasteiger partial charge >= 0.3 is 0 Å². The number of hydrogen-bond acceptors (Lipinski definition) is 3. The van der Waals surface area contributed by atoms with Gasteiger partial charge in [-0.25, -0.2) is 0 Å². The molecule has 3 nitrogen and oxygen atoms in total. The van der Waals surface area contributed by atoms with E-state index in [0.29, 0.717) is 12.2 Å². The van der Waals surface area contributed by atoms with Crippen LogP contribution >= 0.6 is 0 Å². The van der Waals surface area contributed by atoms with Crippen LogP contribution in [0, 0.1) is 6.92 Å². The van der Waals surface area contributed by atoms with Crippen molar-refractivity contribution in [1.82, 2.24) is 4.98 Å². The van der Waals surface area contributed by atoms with Crippen LogP contribution in [0.3, 0.4) is 0 Å². The van der Waals surface area contributed by atoms with E-state index in [1.807, 2.05) is 19.1 Å². The highest BCUT2D eigenvalue weighted by atomic mass is 16.5. The third-order valence-corrected chi connectivity index (χ3v) is 1.71. The van der Waals surface area contributed by atoms with E-state index in [2.05, 4.69) is 4.98 Å². The van der Waals surface area contributed by atoms with E-state index in [4.69, 9.17) is 4.74 Å². The number of ether oxygens (including phenoxy) is 1. The van der Waals surface area contributed by atoms with Gasteiger partial charge in [-0.2, -0.15) is 0 Å². The minimum absolute atomic E-state index is 0.0939.